The zero-order valence-electron chi connectivity index (χ0n) is 19.7. The summed E-state index contributed by atoms with van der Waals surface area (Å²) in [6.07, 6.45) is 0.884. The molecule has 1 aliphatic rings. The lowest BCUT2D eigenvalue weighted by molar-refractivity contribution is -0.114. The van der Waals surface area contributed by atoms with Gasteiger partial charge in [0.25, 0.3) is 11.8 Å². The first-order chi connectivity index (χ1) is 16.7. The lowest BCUT2D eigenvalue weighted by Gasteiger charge is -2.22. The molecule has 2 atom stereocenters. The van der Waals surface area contributed by atoms with Crippen molar-refractivity contribution < 1.29 is 23.5 Å². The van der Waals surface area contributed by atoms with Crippen LogP contribution in [0.5, 0.6) is 5.75 Å². The summed E-state index contributed by atoms with van der Waals surface area (Å²) < 4.78 is 24.0. The summed E-state index contributed by atoms with van der Waals surface area (Å²) in [5.41, 5.74) is 12.7. The van der Waals surface area contributed by atoms with E-state index in [0.717, 1.165) is 18.1 Å². The summed E-state index contributed by atoms with van der Waals surface area (Å²) in [5.74, 6) is -1.29. The fourth-order valence-electron chi connectivity index (χ4n) is 3.84. The number of benzene rings is 2. The van der Waals surface area contributed by atoms with Crippen LogP contribution in [0.4, 0.5) is 4.39 Å². The Morgan fingerprint density at radius 2 is 1.94 bits per heavy atom. The highest BCUT2D eigenvalue weighted by Crippen LogP contribution is 2.20. The summed E-state index contributed by atoms with van der Waals surface area (Å²) >= 11 is 0. The molecular formula is C25H30FN5O4. The Balaban J connectivity index is 1.68. The van der Waals surface area contributed by atoms with Crippen molar-refractivity contribution in [3.05, 3.63) is 76.4 Å². The Labute approximate surface area is 203 Å². The average Bonchev–Trinajstić information content (AvgIpc) is 3.38. The molecule has 35 heavy (non-hydrogen) atoms. The first-order valence-electron chi connectivity index (χ1n) is 11.1. The van der Waals surface area contributed by atoms with E-state index in [1.165, 1.54) is 19.2 Å². The van der Waals surface area contributed by atoms with Gasteiger partial charge in [0.05, 0.1) is 25.0 Å². The highest BCUT2D eigenvalue weighted by Gasteiger charge is 2.25. The zero-order valence-corrected chi connectivity index (χ0v) is 19.7. The maximum atomic E-state index is 13.5. The third-order valence-corrected chi connectivity index (χ3v) is 5.92. The number of methoxy groups -OCH3 is 1. The van der Waals surface area contributed by atoms with Gasteiger partial charge >= 0.3 is 0 Å². The summed E-state index contributed by atoms with van der Waals surface area (Å²) in [5, 5.41) is 14.3. The van der Waals surface area contributed by atoms with E-state index in [9.17, 15) is 14.0 Å². The molecule has 1 saturated heterocycles. The molecule has 0 bridgehead atoms. The van der Waals surface area contributed by atoms with E-state index in [-0.39, 0.29) is 46.9 Å². The van der Waals surface area contributed by atoms with Gasteiger partial charge in [-0.25, -0.2) is 4.39 Å². The molecule has 2 aromatic rings. The molecule has 0 aromatic heterocycles. The number of amides is 2. The highest BCUT2D eigenvalue weighted by molar-refractivity contribution is 6.26. The molecule has 1 aliphatic heterocycles. The van der Waals surface area contributed by atoms with Crippen LogP contribution >= 0.6 is 0 Å². The topological polar surface area (TPSA) is 153 Å². The number of ether oxygens (including phenoxy) is 2. The second-order valence-corrected chi connectivity index (χ2v) is 8.31. The third kappa shape index (κ3) is 6.36. The predicted molar refractivity (Wildman–Crippen MR) is 129 cm³/mol. The van der Waals surface area contributed by atoms with E-state index < -0.39 is 17.6 Å². The normalized spacial score (nSPS) is 16.7. The van der Waals surface area contributed by atoms with Crippen LogP contribution < -0.4 is 26.8 Å². The van der Waals surface area contributed by atoms with E-state index >= 15 is 0 Å². The monoisotopic (exact) mass is 483 g/mol. The number of primary amides is 1. The SMILES string of the molecule is COc1ccc(F)cc1C(=O)NCc1ccc(C(=N)/C(C(N)=O)=C(/N)NC(C)C2CCOC2)cc1. The minimum absolute atomic E-state index is 0.0438. The van der Waals surface area contributed by atoms with Gasteiger partial charge in [-0.15, -0.1) is 0 Å². The van der Waals surface area contributed by atoms with E-state index in [2.05, 4.69) is 10.6 Å². The quantitative estimate of drug-likeness (QED) is 0.257. The molecular weight excluding hydrogens is 453 g/mol. The summed E-state index contributed by atoms with van der Waals surface area (Å²) in [6, 6.07) is 10.3. The molecule has 2 unspecified atom stereocenters. The lowest BCUT2D eigenvalue weighted by atomic mass is 9.98. The van der Waals surface area contributed by atoms with Crippen molar-refractivity contribution in [1.29, 1.82) is 5.41 Å². The number of hydrogen-bond donors (Lipinski definition) is 5. The van der Waals surface area contributed by atoms with Crippen molar-refractivity contribution in [2.24, 2.45) is 17.4 Å². The van der Waals surface area contributed by atoms with Gasteiger partial charge in [-0.05, 0) is 37.1 Å². The Kier molecular flexibility index (Phi) is 8.43. The van der Waals surface area contributed by atoms with Crippen LogP contribution in [0, 0.1) is 17.1 Å². The third-order valence-electron chi connectivity index (χ3n) is 5.92. The van der Waals surface area contributed by atoms with E-state index in [4.69, 9.17) is 26.4 Å². The molecule has 2 amide bonds. The summed E-state index contributed by atoms with van der Waals surface area (Å²) in [7, 11) is 1.40. The van der Waals surface area contributed by atoms with Crippen LogP contribution in [0.25, 0.3) is 0 Å². The van der Waals surface area contributed by atoms with E-state index in [1.54, 1.807) is 24.3 Å². The molecule has 10 heteroatoms. The van der Waals surface area contributed by atoms with Gasteiger partial charge in [-0.1, -0.05) is 24.3 Å². The molecule has 9 nitrogen and oxygen atoms in total. The Morgan fingerprint density at radius 3 is 2.54 bits per heavy atom. The maximum absolute atomic E-state index is 13.5. The smallest absolute Gasteiger partial charge is 0.255 e. The Morgan fingerprint density at radius 1 is 1.23 bits per heavy atom. The van der Waals surface area contributed by atoms with Crippen molar-refractivity contribution in [3.8, 4) is 5.75 Å². The molecule has 0 aliphatic carbocycles. The van der Waals surface area contributed by atoms with Gasteiger partial charge < -0.3 is 31.6 Å². The van der Waals surface area contributed by atoms with Crippen molar-refractivity contribution >= 4 is 17.5 Å². The molecule has 186 valence electrons. The van der Waals surface area contributed by atoms with Crippen molar-refractivity contribution in [1.82, 2.24) is 10.6 Å². The highest BCUT2D eigenvalue weighted by atomic mass is 19.1. The van der Waals surface area contributed by atoms with Crippen molar-refractivity contribution in [2.45, 2.75) is 25.9 Å². The van der Waals surface area contributed by atoms with Crippen LogP contribution in [0.1, 0.15) is 34.8 Å². The first kappa shape index (κ1) is 25.7. The zero-order chi connectivity index (χ0) is 25.5. The molecule has 0 spiro atoms. The fraction of sp³-hybridized carbons (Fsp3) is 0.320. The average molecular weight is 484 g/mol. The number of carbonyl (C=O) groups is 2. The second-order valence-electron chi connectivity index (χ2n) is 8.31. The lowest BCUT2D eigenvalue weighted by Crippen LogP contribution is -2.39. The summed E-state index contributed by atoms with van der Waals surface area (Å²) in [6.45, 7) is 3.39. The van der Waals surface area contributed by atoms with Crippen LogP contribution in [-0.2, 0) is 16.1 Å². The summed E-state index contributed by atoms with van der Waals surface area (Å²) in [4.78, 5) is 24.6. The molecule has 3 rings (SSSR count). The predicted octanol–water partition coefficient (Wildman–Crippen LogP) is 1.80. The van der Waals surface area contributed by atoms with Crippen molar-refractivity contribution in [2.75, 3.05) is 20.3 Å². The number of nitrogens with two attached hydrogens (primary N) is 2. The number of carbonyl (C=O) groups excluding carboxylic acids is 2. The van der Waals surface area contributed by atoms with Gasteiger partial charge in [0.1, 0.15) is 23.0 Å². The van der Waals surface area contributed by atoms with Crippen LogP contribution in [-0.4, -0.2) is 43.9 Å². The van der Waals surface area contributed by atoms with Gasteiger partial charge in [-0.2, -0.15) is 0 Å². The molecule has 2 aromatic carbocycles. The van der Waals surface area contributed by atoms with Gasteiger partial charge in [0.15, 0.2) is 0 Å². The molecule has 0 saturated carbocycles. The number of rotatable bonds is 10. The van der Waals surface area contributed by atoms with Gasteiger partial charge in [-0.3, -0.25) is 15.0 Å². The second kappa shape index (κ2) is 11.5. The minimum atomic E-state index is -0.810. The maximum Gasteiger partial charge on any atom is 0.255 e. The molecule has 7 N–H and O–H groups in total. The Hall–Kier alpha value is -3.92. The number of hydrogen-bond acceptors (Lipinski definition) is 7. The standard InChI is InChI=1S/C25H30FN5O4/c1-14(17-9-10-35-13-17)31-23(28)21(24(29)32)22(27)16-5-3-15(4-6-16)12-30-25(33)19-11-18(26)7-8-20(19)34-2/h3-8,11,14,17,27,31H,9-10,12-13,28H2,1-2H3,(H2,29,32)(H,30,33)/b23-21+,27-22?. The van der Waals surface area contributed by atoms with E-state index in [0.29, 0.717) is 18.8 Å². The van der Waals surface area contributed by atoms with Crippen LogP contribution in [0.15, 0.2) is 53.9 Å². The van der Waals surface area contributed by atoms with Crippen LogP contribution in [0.2, 0.25) is 0 Å². The number of halogens is 1. The largest absolute Gasteiger partial charge is 0.496 e. The van der Waals surface area contributed by atoms with Crippen molar-refractivity contribution in [3.63, 3.8) is 0 Å². The first-order valence-corrected chi connectivity index (χ1v) is 11.1. The molecule has 1 heterocycles. The van der Waals surface area contributed by atoms with E-state index in [1.807, 2.05) is 6.92 Å². The fourth-order valence-corrected chi connectivity index (χ4v) is 3.84. The van der Waals surface area contributed by atoms with Crippen LogP contribution in [0.3, 0.4) is 0 Å². The minimum Gasteiger partial charge on any atom is -0.496 e. The number of nitrogens with one attached hydrogen (secondary N) is 3. The molecule has 0 radical (unpaired) electrons. The van der Waals surface area contributed by atoms with Gasteiger partial charge in [0, 0.05) is 30.7 Å². The van der Waals surface area contributed by atoms with Gasteiger partial charge in [0.2, 0.25) is 0 Å². The molecule has 1 fully saturated rings. The Bertz CT molecular complexity index is 1130.